The molecule has 0 amide bonds. The molecular weight excluding hydrogens is 304 g/mol. The fraction of sp³-hybridized carbons (Fsp3) is 0.562. The van der Waals surface area contributed by atoms with E-state index in [4.69, 9.17) is 23.7 Å². The number of aliphatic hydroxyl groups is 1. The fourth-order valence-electron chi connectivity index (χ4n) is 2.85. The van der Waals surface area contributed by atoms with Crippen molar-refractivity contribution in [2.24, 2.45) is 0 Å². The number of carbonyl (C=O) groups is 1. The van der Waals surface area contributed by atoms with E-state index in [2.05, 4.69) is 0 Å². The molecule has 2 aliphatic heterocycles. The van der Waals surface area contributed by atoms with Gasteiger partial charge in [0.25, 0.3) is 0 Å². The van der Waals surface area contributed by atoms with Crippen LogP contribution in [0.1, 0.15) is 18.8 Å². The van der Waals surface area contributed by atoms with E-state index in [1.807, 2.05) is 30.3 Å². The second-order valence-electron chi connectivity index (χ2n) is 5.52. The van der Waals surface area contributed by atoms with Crippen LogP contribution in [0, 0.1) is 0 Å². The Bertz CT molecular complexity index is 534. The van der Waals surface area contributed by atoms with E-state index in [9.17, 15) is 9.90 Å². The van der Waals surface area contributed by atoms with Gasteiger partial charge in [-0.2, -0.15) is 0 Å². The van der Waals surface area contributed by atoms with E-state index in [1.54, 1.807) is 0 Å². The van der Waals surface area contributed by atoms with E-state index in [1.165, 1.54) is 14.0 Å². The maximum atomic E-state index is 11.3. The number of hydrogen-bond acceptors (Lipinski definition) is 7. The SMILES string of the molecule is COC1OC2COC(c3ccccc3)OC2C(O)C1OC(C)=O. The van der Waals surface area contributed by atoms with Crippen LogP contribution in [0.3, 0.4) is 0 Å². The van der Waals surface area contributed by atoms with E-state index < -0.39 is 43.0 Å². The molecule has 2 aliphatic rings. The lowest BCUT2D eigenvalue weighted by atomic mass is 9.97. The van der Waals surface area contributed by atoms with Gasteiger partial charge in [-0.25, -0.2) is 0 Å². The molecule has 1 aromatic carbocycles. The normalized spacial score (nSPS) is 37.0. The minimum absolute atomic E-state index is 0.244. The third-order valence-electron chi connectivity index (χ3n) is 3.92. The maximum absolute atomic E-state index is 11.3. The van der Waals surface area contributed by atoms with Gasteiger partial charge in [-0.1, -0.05) is 30.3 Å². The number of aliphatic hydroxyl groups excluding tert-OH is 1. The summed E-state index contributed by atoms with van der Waals surface area (Å²) < 4.78 is 27.5. The van der Waals surface area contributed by atoms with Gasteiger partial charge in [0.1, 0.15) is 18.3 Å². The molecule has 0 saturated carbocycles. The number of esters is 1. The summed E-state index contributed by atoms with van der Waals surface area (Å²) in [6, 6.07) is 9.41. The first-order valence-electron chi connectivity index (χ1n) is 7.45. The molecule has 0 radical (unpaired) electrons. The summed E-state index contributed by atoms with van der Waals surface area (Å²) in [5.74, 6) is -0.523. The van der Waals surface area contributed by atoms with Crippen LogP contribution in [0.25, 0.3) is 0 Å². The summed E-state index contributed by atoms with van der Waals surface area (Å²) in [7, 11) is 1.42. The Balaban J connectivity index is 1.76. The molecule has 23 heavy (non-hydrogen) atoms. The molecule has 1 aromatic rings. The summed E-state index contributed by atoms with van der Waals surface area (Å²) in [5.41, 5.74) is 0.844. The summed E-state index contributed by atoms with van der Waals surface area (Å²) >= 11 is 0. The molecular formula is C16H20O7. The largest absolute Gasteiger partial charge is 0.454 e. The highest BCUT2D eigenvalue weighted by molar-refractivity contribution is 5.66. The molecule has 2 saturated heterocycles. The monoisotopic (exact) mass is 324 g/mol. The number of rotatable bonds is 3. The molecule has 3 rings (SSSR count). The van der Waals surface area contributed by atoms with Crippen LogP contribution in [0.2, 0.25) is 0 Å². The van der Waals surface area contributed by atoms with Gasteiger partial charge in [-0.05, 0) is 0 Å². The number of benzene rings is 1. The molecule has 1 N–H and O–H groups in total. The molecule has 6 unspecified atom stereocenters. The Morgan fingerprint density at radius 2 is 2.00 bits per heavy atom. The minimum Gasteiger partial charge on any atom is -0.454 e. The number of carbonyl (C=O) groups excluding carboxylic acids is 1. The first-order chi connectivity index (χ1) is 11.1. The predicted octanol–water partition coefficient (Wildman–Crippen LogP) is 0.764. The van der Waals surface area contributed by atoms with Gasteiger partial charge in [0.2, 0.25) is 0 Å². The molecule has 2 heterocycles. The van der Waals surface area contributed by atoms with Gasteiger partial charge >= 0.3 is 5.97 Å². The number of fused-ring (bicyclic) bond motifs is 1. The number of ether oxygens (including phenoxy) is 5. The van der Waals surface area contributed by atoms with Crippen molar-refractivity contribution in [3.63, 3.8) is 0 Å². The summed E-state index contributed by atoms with van der Waals surface area (Å²) in [6.07, 6.45) is -4.67. The number of hydrogen-bond donors (Lipinski definition) is 1. The van der Waals surface area contributed by atoms with E-state index in [-0.39, 0.29) is 6.61 Å². The zero-order chi connectivity index (χ0) is 16.4. The summed E-state index contributed by atoms with van der Waals surface area (Å²) in [4.78, 5) is 11.3. The van der Waals surface area contributed by atoms with Crippen molar-refractivity contribution in [1.29, 1.82) is 0 Å². The van der Waals surface area contributed by atoms with Crippen molar-refractivity contribution in [1.82, 2.24) is 0 Å². The van der Waals surface area contributed by atoms with E-state index >= 15 is 0 Å². The molecule has 0 bridgehead atoms. The average Bonchev–Trinajstić information content (AvgIpc) is 2.57. The summed E-state index contributed by atoms with van der Waals surface area (Å²) in [6.45, 7) is 1.51. The third kappa shape index (κ3) is 3.39. The fourth-order valence-corrected chi connectivity index (χ4v) is 2.85. The highest BCUT2D eigenvalue weighted by Crippen LogP contribution is 2.35. The van der Waals surface area contributed by atoms with Crippen LogP contribution >= 0.6 is 0 Å². The van der Waals surface area contributed by atoms with Crippen LogP contribution in [-0.2, 0) is 28.5 Å². The smallest absolute Gasteiger partial charge is 0.303 e. The second kappa shape index (κ2) is 6.94. The van der Waals surface area contributed by atoms with Crippen molar-refractivity contribution in [3.05, 3.63) is 35.9 Å². The molecule has 7 nitrogen and oxygen atoms in total. The van der Waals surface area contributed by atoms with Crippen molar-refractivity contribution in [2.45, 2.75) is 43.9 Å². The lowest BCUT2D eigenvalue weighted by molar-refractivity contribution is -0.358. The lowest BCUT2D eigenvalue weighted by Gasteiger charge is -2.46. The third-order valence-corrected chi connectivity index (χ3v) is 3.92. The van der Waals surface area contributed by atoms with Crippen LogP contribution in [0.15, 0.2) is 30.3 Å². The Labute approximate surface area is 134 Å². The molecule has 7 heteroatoms. The first kappa shape index (κ1) is 16.4. The molecule has 0 aliphatic carbocycles. The van der Waals surface area contributed by atoms with Crippen molar-refractivity contribution >= 4 is 5.97 Å². The lowest BCUT2D eigenvalue weighted by Crippen LogP contribution is -2.63. The molecule has 6 atom stereocenters. The van der Waals surface area contributed by atoms with Gasteiger partial charge in [-0.15, -0.1) is 0 Å². The predicted molar refractivity (Wildman–Crippen MR) is 77.2 cm³/mol. The highest BCUT2D eigenvalue weighted by atomic mass is 16.8. The maximum Gasteiger partial charge on any atom is 0.303 e. The van der Waals surface area contributed by atoms with Gasteiger partial charge in [0, 0.05) is 19.6 Å². The highest BCUT2D eigenvalue weighted by Gasteiger charge is 2.51. The quantitative estimate of drug-likeness (QED) is 0.822. The number of methoxy groups -OCH3 is 1. The Morgan fingerprint density at radius 3 is 2.65 bits per heavy atom. The van der Waals surface area contributed by atoms with Crippen molar-refractivity contribution < 1.29 is 33.6 Å². The topological polar surface area (TPSA) is 83.5 Å². The van der Waals surface area contributed by atoms with Crippen molar-refractivity contribution in [3.8, 4) is 0 Å². The molecule has 2 fully saturated rings. The molecule has 0 spiro atoms. The van der Waals surface area contributed by atoms with E-state index in [0.29, 0.717) is 0 Å². The molecule has 126 valence electrons. The zero-order valence-corrected chi connectivity index (χ0v) is 13.0. The van der Waals surface area contributed by atoms with Gasteiger partial charge in [0.15, 0.2) is 18.7 Å². The van der Waals surface area contributed by atoms with Crippen LogP contribution in [-0.4, -0.2) is 55.5 Å². The second-order valence-corrected chi connectivity index (χ2v) is 5.52. The Morgan fingerprint density at radius 1 is 1.26 bits per heavy atom. The van der Waals surface area contributed by atoms with Gasteiger partial charge < -0.3 is 28.8 Å². The molecule has 0 aromatic heterocycles. The van der Waals surface area contributed by atoms with Crippen LogP contribution in [0.4, 0.5) is 0 Å². The zero-order valence-electron chi connectivity index (χ0n) is 13.0. The van der Waals surface area contributed by atoms with Gasteiger partial charge in [-0.3, -0.25) is 4.79 Å². The minimum atomic E-state index is -1.07. The van der Waals surface area contributed by atoms with E-state index in [0.717, 1.165) is 5.56 Å². The van der Waals surface area contributed by atoms with Gasteiger partial charge in [0.05, 0.1) is 6.61 Å². The van der Waals surface area contributed by atoms with Crippen molar-refractivity contribution in [2.75, 3.05) is 13.7 Å². The Kier molecular flexibility index (Phi) is 4.93. The first-order valence-corrected chi connectivity index (χ1v) is 7.45. The van der Waals surface area contributed by atoms with Crippen LogP contribution in [0.5, 0.6) is 0 Å². The summed E-state index contributed by atoms with van der Waals surface area (Å²) in [5, 5.41) is 10.6. The standard InChI is InChI=1S/C16H20O7/c1-9(17)21-14-12(18)13-11(22-16(14)19-2)8-20-15(23-13)10-6-4-3-5-7-10/h3-7,11-16,18H,8H2,1-2H3. The average molecular weight is 324 g/mol. The van der Waals surface area contributed by atoms with Crippen LogP contribution < -0.4 is 0 Å². The Hall–Kier alpha value is -1.51.